The molecule has 2 aromatic rings. The minimum Gasteiger partial charge on any atom is -0.484 e. The van der Waals surface area contributed by atoms with Gasteiger partial charge in [0.25, 0.3) is 11.8 Å². The molecule has 1 saturated heterocycles. The van der Waals surface area contributed by atoms with E-state index in [-0.39, 0.29) is 37.4 Å². The van der Waals surface area contributed by atoms with Gasteiger partial charge in [0.05, 0.1) is 23.8 Å². The van der Waals surface area contributed by atoms with Crippen LogP contribution in [0, 0.1) is 0 Å². The lowest BCUT2D eigenvalue weighted by Crippen LogP contribution is -2.48. The van der Waals surface area contributed by atoms with Gasteiger partial charge in [-0.15, -0.1) is 0 Å². The van der Waals surface area contributed by atoms with Gasteiger partial charge in [-0.05, 0) is 60.4 Å². The van der Waals surface area contributed by atoms with Crippen molar-refractivity contribution in [2.45, 2.75) is 50.4 Å². The summed E-state index contributed by atoms with van der Waals surface area (Å²) < 4.78 is 87.4. The summed E-state index contributed by atoms with van der Waals surface area (Å²) in [7, 11) is 0. The van der Waals surface area contributed by atoms with Crippen molar-refractivity contribution in [3.8, 4) is 5.75 Å². The molecule has 12 heteroatoms. The molecule has 4 rings (SSSR count). The van der Waals surface area contributed by atoms with E-state index in [4.69, 9.17) is 9.47 Å². The quantitative estimate of drug-likeness (QED) is 0.602. The molecule has 2 aliphatic rings. The Kier molecular flexibility index (Phi) is 7.17. The Bertz CT molecular complexity index is 1110. The van der Waals surface area contributed by atoms with Crippen LogP contribution in [0.3, 0.4) is 0 Å². The number of benzene rings is 2. The van der Waals surface area contributed by atoms with Crippen molar-refractivity contribution in [2.24, 2.45) is 0 Å². The molecule has 2 aliphatic heterocycles. The van der Waals surface area contributed by atoms with Crippen molar-refractivity contribution in [1.82, 2.24) is 10.2 Å². The summed E-state index contributed by atoms with van der Waals surface area (Å²) in [6.07, 6.45) is -8.95. The van der Waals surface area contributed by atoms with Gasteiger partial charge in [-0.1, -0.05) is 6.07 Å². The van der Waals surface area contributed by atoms with Gasteiger partial charge in [0.15, 0.2) is 6.61 Å². The van der Waals surface area contributed by atoms with Gasteiger partial charge in [-0.2, -0.15) is 26.3 Å². The van der Waals surface area contributed by atoms with Crippen LogP contribution >= 0.6 is 0 Å². The molecule has 2 atom stereocenters. The minimum atomic E-state index is -4.47. The number of nitrogens with zero attached hydrogens (tertiary/aromatic N) is 1. The normalized spacial score (nSPS) is 20.1. The fourth-order valence-corrected chi connectivity index (χ4v) is 4.15. The maximum Gasteiger partial charge on any atom is 0.416 e. The van der Waals surface area contributed by atoms with Gasteiger partial charge in [-0.3, -0.25) is 9.59 Å². The third-order valence-corrected chi connectivity index (χ3v) is 6.04. The Morgan fingerprint density at radius 3 is 2.17 bits per heavy atom. The van der Waals surface area contributed by atoms with Crippen LogP contribution in [0.1, 0.15) is 35.1 Å². The van der Waals surface area contributed by atoms with Crippen LogP contribution in [0.25, 0.3) is 0 Å². The molecule has 2 heterocycles. The third kappa shape index (κ3) is 6.10. The highest BCUT2D eigenvalue weighted by molar-refractivity contribution is 5.82. The molecule has 36 heavy (non-hydrogen) atoms. The van der Waals surface area contributed by atoms with Crippen molar-refractivity contribution in [1.29, 1.82) is 0 Å². The molecule has 0 radical (unpaired) electrons. The number of alkyl halides is 6. The predicted molar refractivity (Wildman–Crippen MR) is 114 cm³/mol. The maximum absolute atomic E-state index is 12.9. The second kappa shape index (κ2) is 10.00. The molecule has 0 spiro atoms. The molecular weight excluding hydrogens is 494 g/mol. The van der Waals surface area contributed by atoms with E-state index in [0.717, 1.165) is 36.4 Å². The molecule has 6 nitrogen and oxygen atoms in total. The van der Waals surface area contributed by atoms with Crippen molar-refractivity contribution in [3.63, 3.8) is 0 Å². The van der Waals surface area contributed by atoms with Crippen LogP contribution in [-0.4, -0.2) is 42.1 Å². The number of hydrogen-bond acceptors (Lipinski definition) is 4. The van der Waals surface area contributed by atoms with Crippen molar-refractivity contribution < 1.29 is 45.4 Å². The monoisotopic (exact) mass is 516 g/mol. The third-order valence-electron chi connectivity index (χ3n) is 6.04. The first-order valence-corrected chi connectivity index (χ1v) is 11.1. The number of halogens is 6. The lowest BCUT2D eigenvalue weighted by molar-refractivity contribution is -0.148. The zero-order chi connectivity index (χ0) is 26.1. The second-order valence-electron chi connectivity index (χ2n) is 8.65. The molecule has 0 aliphatic carbocycles. The number of carbonyl (C=O) groups is 2. The molecule has 2 amide bonds. The van der Waals surface area contributed by atoms with Gasteiger partial charge in [-0.25, -0.2) is 0 Å². The van der Waals surface area contributed by atoms with Crippen LogP contribution in [0.5, 0.6) is 5.75 Å². The summed E-state index contributed by atoms with van der Waals surface area (Å²) in [5.41, 5.74) is -0.477. The molecule has 0 unspecified atom stereocenters. The van der Waals surface area contributed by atoms with E-state index in [0.29, 0.717) is 24.0 Å². The number of amides is 2. The van der Waals surface area contributed by atoms with E-state index in [2.05, 4.69) is 5.32 Å². The molecule has 0 bridgehead atoms. The summed E-state index contributed by atoms with van der Waals surface area (Å²) in [6, 6.07) is 7.00. The molecule has 1 fully saturated rings. The SMILES string of the molecule is O=C(COc1ccc(C(F)(F)F)cc1)N[C@H]1CC[C@H](C(=O)N2Cc3ccc(C(F)(F)F)cc3C2)OC1. The Balaban J connectivity index is 1.21. The molecule has 194 valence electrons. The first kappa shape index (κ1) is 25.8. The van der Waals surface area contributed by atoms with Gasteiger partial charge in [0.2, 0.25) is 0 Å². The fourth-order valence-electron chi connectivity index (χ4n) is 4.15. The van der Waals surface area contributed by atoms with Crippen molar-refractivity contribution in [3.05, 3.63) is 64.7 Å². The zero-order valence-electron chi connectivity index (χ0n) is 18.8. The van der Waals surface area contributed by atoms with Crippen LogP contribution in [0.4, 0.5) is 26.3 Å². The summed E-state index contributed by atoms with van der Waals surface area (Å²) in [5, 5.41) is 2.69. The van der Waals surface area contributed by atoms with Gasteiger partial charge < -0.3 is 19.7 Å². The number of nitrogens with one attached hydrogen (secondary N) is 1. The smallest absolute Gasteiger partial charge is 0.416 e. The van der Waals surface area contributed by atoms with Crippen molar-refractivity contribution in [2.75, 3.05) is 13.2 Å². The summed E-state index contributed by atoms with van der Waals surface area (Å²) in [6.45, 7) is -0.0787. The van der Waals surface area contributed by atoms with Crippen LogP contribution in [-0.2, 0) is 39.8 Å². The average molecular weight is 516 g/mol. The van der Waals surface area contributed by atoms with Crippen LogP contribution < -0.4 is 10.1 Å². The largest absolute Gasteiger partial charge is 0.484 e. The molecule has 0 saturated carbocycles. The van der Waals surface area contributed by atoms with Crippen LogP contribution in [0.2, 0.25) is 0 Å². The number of hydrogen-bond donors (Lipinski definition) is 1. The number of carbonyl (C=O) groups excluding carboxylic acids is 2. The highest BCUT2D eigenvalue weighted by Gasteiger charge is 2.36. The van der Waals surface area contributed by atoms with E-state index in [1.165, 1.54) is 11.0 Å². The average Bonchev–Trinajstić information content (AvgIpc) is 3.25. The van der Waals surface area contributed by atoms with E-state index in [1.807, 2.05) is 0 Å². The number of ether oxygens (including phenoxy) is 2. The standard InChI is InChI=1S/C24H22F6N2O4/c25-23(26,27)16-3-6-19(7-4-16)35-13-21(33)31-18-5-8-20(36-12-18)22(34)32-10-14-1-2-17(24(28,29)30)9-15(14)11-32/h1-4,6-7,9,18,20H,5,8,10-13H2,(H,31,33)/t18-,20+/m0/s1. The Labute approximate surface area is 202 Å². The van der Waals surface area contributed by atoms with Crippen LogP contribution in [0.15, 0.2) is 42.5 Å². The molecule has 2 aromatic carbocycles. The van der Waals surface area contributed by atoms with Crippen molar-refractivity contribution >= 4 is 11.8 Å². The highest BCUT2D eigenvalue weighted by Crippen LogP contribution is 2.34. The van der Waals surface area contributed by atoms with Gasteiger partial charge >= 0.3 is 12.4 Å². The first-order valence-electron chi connectivity index (χ1n) is 11.1. The first-order chi connectivity index (χ1) is 16.9. The summed E-state index contributed by atoms with van der Waals surface area (Å²) in [5.74, 6) is -0.712. The topological polar surface area (TPSA) is 67.9 Å². The van der Waals surface area contributed by atoms with E-state index in [1.54, 1.807) is 0 Å². The minimum absolute atomic E-state index is 0.0570. The van der Waals surface area contributed by atoms with E-state index in [9.17, 15) is 35.9 Å². The molecule has 1 N–H and O–H groups in total. The zero-order valence-corrected chi connectivity index (χ0v) is 18.8. The predicted octanol–water partition coefficient (Wildman–Crippen LogP) is 4.31. The summed E-state index contributed by atoms with van der Waals surface area (Å²) in [4.78, 5) is 26.4. The summed E-state index contributed by atoms with van der Waals surface area (Å²) >= 11 is 0. The van der Waals surface area contributed by atoms with Gasteiger partial charge in [0, 0.05) is 13.1 Å². The van der Waals surface area contributed by atoms with E-state index < -0.39 is 42.1 Å². The molecule has 0 aromatic heterocycles. The Morgan fingerprint density at radius 1 is 0.917 bits per heavy atom. The van der Waals surface area contributed by atoms with E-state index >= 15 is 0 Å². The lowest BCUT2D eigenvalue weighted by Gasteiger charge is -2.31. The number of rotatable bonds is 5. The lowest BCUT2D eigenvalue weighted by atomic mass is 10.0. The Morgan fingerprint density at radius 2 is 1.56 bits per heavy atom. The second-order valence-corrected chi connectivity index (χ2v) is 8.65. The number of fused-ring (bicyclic) bond motifs is 1. The molecular formula is C24H22F6N2O4. The highest BCUT2D eigenvalue weighted by atomic mass is 19.4. The maximum atomic E-state index is 12.9. The fraction of sp³-hybridized carbons (Fsp3) is 0.417. The Hall–Kier alpha value is -3.28. The van der Waals surface area contributed by atoms with Gasteiger partial charge in [0.1, 0.15) is 11.9 Å².